The Morgan fingerprint density at radius 1 is 1.22 bits per heavy atom. The van der Waals surface area contributed by atoms with Gasteiger partial charge in [0.05, 0.1) is 5.56 Å². The van der Waals surface area contributed by atoms with Crippen molar-refractivity contribution in [3.63, 3.8) is 0 Å². The third-order valence-corrected chi connectivity index (χ3v) is 4.32. The molecule has 0 aliphatic carbocycles. The van der Waals surface area contributed by atoms with Crippen LogP contribution in [0, 0.1) is 0 Å². The van der Waals surface area contributed by atoms with E-state index < -0.39 is 11.7 Å². The molecule has 0 aliphatic rings. The van der Waals surface area contributed by atoms with E-state index in [0.717, 1.165) is 6.07 Å². The maximum Gasteiger partial charge on any atom is 0.420 e. The predicted octanol–water partition coefficient (Wildman–Crippen LogP) is 5.23. The van der Waals surface area contributed by atoms with Gasteiger partial charge in [0, 0.05) is 21.6 Å². The Balaban J connectivity index is 1.91. The zero-order chi connectivity index (χ0) is 19.6. The fourth-order valence-corrected chi connectivity index (χ4v) is 2.85. The molecule has 1 heterocycles. The van der Waals surface area contributed by atoms with Crippen LogP contribution in [0.2, 0.25) is 5.02 Å². The van der Waals surface area contributed by atoms with Gasteiger partial charge in [-0.2, -0.15) is 18.2 Å². The summed E-state index contributed by atoms with van der Waals surface area (Å²) in [7, 11) is 0. The smallest absolute Gasteiger partial charge is 0.420 e. The molecule has 27 heavy (non-hydrogen) atoms. The molecule has 0 radical (unpaired) electrons. The Bertz CT molecular complexity index is 963. The van der Waals surface area contributed by atoms with Gasteiger partial charge in [0.25, 0.3) is 0 Å². The first-order valence-electron chi connectivity index (χ1n) is 7.48. The Kier molecular flexibility index (Phi) is 5.47. The topological polar surface area (TPSA) is 88.8 Å². The fourth-order valence-electron chi connectivity index (χ4n) is 2.26. The average molecular weight is 463 g/mol. The molecule has 0 saturated carbocycles. The Morgan fingerprint density at radius 2 is 2.00 bits per heavy atom. The fraction of sp³-hybridized carbons (Fsp3) is 0.125. The van der Waals surface area contributed by atoms with Crippen LogP contribution in [-0.4, -0.2) is 15.2 Å². The Hall–Kier alpha value is -2.46. The number of hydrogen-bond donors (Lipinski definition) is 3. The molecule has 0 fully saturated rings. The number of aromatic amines is 1. The molecule has 0 atom stereocenters. The van der Waals surface area contributed by atoms with E-state index in [-0.39, 0.29) is 34.4 Å². The highest BCUT2D eigenvalue weighted by molar-refractivity contribution is 9.10. The zero-order valence-corrected chi connectivity index (χ0v) is 15.8. The van der Waals surface area contributed by atoms with E-state index in [1.165, 1.54) is 18.2 Å². The number of aromatic nitrogens is 3. The second-order valence-corrected chi connectivity index (χ2v) is 6.68. The highest BCUT2D eigenvalue weighted by Gasteiger charge is 2.35. The molecule has 0 saturated heterocycles. The molecular formula is C16H12BrClF3N5O. The lowest BCUT2D eigenvalue weighted by Crippen LogP contribution is -2.08. The molecular weight excluding hydrogens is 451 g/mol. The van der Waals surface area contributed by atoms with Gasteiger partial charge >= 0.3 is 6.18 Å². The van der Waals surface area contributed by atoms with E-state index in [2.05, 4.69) is 36.4 Å². The zero-order valence-electron chi connectivity index (χ0n) is 13.4. The predicted molar refractivity (Wildman–Crippen MR) is 98.8 cm³/mol. The van der Waals surface area contributed by atoms with Crippen LogP contribution in [0.15, 0.2) is 40.9 Å². The number of nitrogens with two attached hydrogens (primary N) is 1. The van der Waals surface area contributed by atoms with Crippen LogP contribution < -0.4 is 15.8 Å². The summed E-state index contributed by atoms with van der Waals surface area (Å²) in [4.78, 5) is 3.89. The number of nitrogen functional groups attached to an aromatic ring is 1. The van der Waals surface area contributed by atoms with E-state index in [0.29, 0.717) is 10.6 Å². The molecule has 11 heteroatoms. The van der Waals surface area contributed by atoms with Crippen molar-refractivity contribution in [1.82, 2.24) is 15.2 Å². The molecule has 1 aromatic heterocycles. The summed E-state index contributed by atoms with van der Waals surface area (Å²) in [6, 6.07) is 8.36. The first kappa shape index (κ1) is 19.3. The number of H-pyrrole nitrogens is 1. The number of benzene rings is 2. The molecule has 0 bridgehead atoms. The van der Waals surface area contributed by atoms with Crippen LogP contribution in [0.1, 0.15) is 11.1 Å². The summed E-state index contributed by atoms with van der Waals surface area (Å²) >= 11 is 9.24. The van der Waals surface area contributed by atoms with Crippen LogP contribution in [0.5, 0.6) is 11.5 Å². The minimum atomic E-state index is -4.58. The Labute approximate surface area is 165 Å². The monoisotopic (exact) mass is 461 g/mol. The lowest BCUT2D eigenvalue weighted by Gasteiger charge is -2.17. The van der Waals surface area contributed by atoms with E-state index in [4.69, 9.17) is 22.1 Å². The van der Waals surface area contributed by atoms with Gasteiger partial charge in [0.15, 0.2) is 0 Å². The first-order valence-corrected chi connectivity index (χ1v) is 8.65. The standard InChI is InChI=1S/C16H12BrClF3N5O/c17-8-4-5-13(10(6-8)16(19,20)21)27-12-3-1-2-11(18)9(12)7-23-15-24-14(22)25-26-15/h1-6H,7H2,(H4,22,23,24,25,26). The molecule has 6 nitrogen and oxygen atoms in total. The second kappa shape index (κ2) is 7.65. The maximum atomic E-state index is 13.3. The van der Waals surface area contributed by atoms with Gasteiger partial charge in [0.2, 0.25) is 11.9 Å². The summed E-state index contributed by atoms with van der Waals surface area (Å²) in [6.45, 7) is 0.115. The SMILES string of the molecule is Nc1nc(NCc2c(Cl)cccc2Oc2ccc(Br)cc2C(F)(F)F)n[nH]1. The van der Waals surface area contributed by atoms with Crippen molar-refractivity contribution < 1.29 is 17.9 Å². The number of alkyl halides is 3. The molecule has 3 rings (SSSR count). The molecule has 142 valence electrons. The molecule has 0 aliphatic heterocycles. The van der Waals surface area contributed by atoms with E-state index in [1.807, 2.05) is 0 Å². The number of ether oxygens (including phenoxy) is 1. The van der Waals surface area contributed by atoms with Crippen molar-refractivity contribution >= 4 is 39.4 Å². The molecule has 4 N–H and O–H groups in total. The molecule has 0 amide bonds. The van der Waals surface area contributed by atoms with Gasteiger partial charge in [-0.15, -0.1) is 5.10 Å². The van der Waals surface area contributed by atoms with Crippen LogP contribution in [0.3, 0.4) is 0 Å². The largest absolute Gasteiger partial charge is 0.456 e. The minimum Gasteiger partial charge on any atom is -0.456 e. The lowest BCUT2D eigenvalue weighted by molar-refractivity contribution is -0.138. The van der Waals surface area contributed by atoms with Gasteiger partial charge in [0.1, 0.15) is 11.5 Å². The van der Waals surface area contributed by atoms with Gasteiger partial charge < -0.3 is 15.8 Å². The van der Waals surface area contributed by atoms with Crippen molar-refractivity contribution in [2.24, 2.45) is 0 Å². The number of rotatable bonds is 5. The number of anilines is 2. The summed E-state index contributed by atoms with van der Waals surface area (Å²) in [5, 5.41) is 9.47. The summed E-state index contributed by atoms with van der Waals surface area (Å²) in [5.41, 5.74) is 4.99. The third-order valence-electron chi connectivity index (χ3n) is 3.47. The average Bonchev–Trinajstić information content (AvgIpc) is 3.00. The quantitative estimate of drug-likeness (QED) is 0.483. The van der Waals surface area contributed by atoms with E-state index in [9.17, 15) is 13.2 Å². The van der Waals surface area contributed by atoms with Gasteiger partial charge in [-0.05, 0) is 30.3 Å². The summed E-state index contributed by atoms with van der Waals surface area (Å²) < 4.78 is 45.8. The summed E-state index contributed by atoms with van der Waals surface area (Å²) in [6.07, 6.45) is -4.58. The maximum absolute atomic E-state index is 13.3. The van der Waals surface area contributed by atoms with E-state index >= 15 is 0 Å². The van der Waals surface area contributed by atoms with E-state index in [1.54, 1.807) is 12.1 Å². The van der Waals surface area contributed by atoms with Crippen molar-refractivity contribution in [1.29, 1.82) is 0 Å². The number of nitrogens with one attached hydrogen (secondary N) is 2. The lowest BCUT2D eigenvalue weighted by atomic mass is 10.1. The number of nitrogens with zero attached hydrogens (tertiary/aromatic N) is 2. The Morgan fingerprint density at radius 3 is 2.67 bits per heavy atom. The van der Waals surface area contributed by atoms with Crippen molar-refractivity contribution in [2.75, 3.05) is 11.1 Å². The van der Waals surface area contributed by atoms with Crippen molar-refractivity contribution in [3.05, 3.63) is 57.0 Å². The number of hydrogen-bond acceptors (Lipinski definition) is 5. The normalized spacial score (nSPS) is 11.4. The summed E-state index contributed by atoms with van der Waals surface area (Å²) in [5.74, 6) is 0.179. The highest BCUT2D eigenvalue weighted by atomic mass is 79.9. The highest BCUT2D eigenvalue weighted by Crippen LogP contribution is 2.41. The van der Waals surface area contributed by atoms with Crippen LogP contribution in [0.4, 0.5) is 25.1 Å². The van der Waals surface area contributed by atoms with Crippen molar-refractivity contribution in [2.45, 2.75) is 12.7 Å². The van der Waals surface area contributed by atoms with Crippen LogP contribution in [-0.2, 0) is 12.7 Å². The molecule has 2 aromatic carbocycles. The third kappa shape index (κ3) is 4.64. The minimum absolute atomic E-state index is 0.115. The van der Waals surface area contributed by atoms with Crippen LogP contribution >= 0.6 is 27.5 Å². The van der Waals surface area contributed by atoms with Crippen molar-refractivity contribution in [3.8, 4) is 11.5 Å². The molecule has 3 aromatic rings. The number of halogens is 5. The van der Waals surface area contributed by atoms with Gasteiger partial charge in [-0.1, -0.05) is 33.6 Å². The molecule has 0 spiro atoms. The van der Waals surface area contributed by atoms with Gasteiger partial charge in [-0.25, -0.2) is 5.10 Å². The second-order valence-electron chi connectivity index (χ2n) is 5.35. The molecule has 0 unspecified atom stereocenters. The van der Waals surface area contributed by atoms with Gasteiger partial charge in [-0.3, -0.25) is 0 Å². The van der Waals surface area contributed by atoms with Crippen LogP contribution in [0.25, 0.3) is 0 Å². The first-order chi connectivity index (χ1) is 12.7.